The number of imide groups is 1. The first kappa shape index (κ1) is 29.5. The van der Waals surface area contributed by atoms with E-state index in [1.165, 1.54) is 0 Å². The van der Waals surface area contributed by atoms with Crippen molar-refractivity contribution in [1.82, 2.24) is 10.6 Å². The van der Waals surface area contributed by atoms with Crippen molar-refractivity contribution in [3.8, 4) is 0 Å². The molecule has 0 saturated carbocycles. The predicted octanol–water partition coefficient (Wildman–Crippen LogP) is 6.42. The van der Waals surface area contributed by atoms with Gasteiger partial charge in [0.25, 0.3) is 11.8 Å². The number of fused-ring (bicyclic) bond motifs is 1. The zero-order valence-electron chi connectivity index (χ0n) is 21.8. The molecule has 3 N–H and O–H groups in total. The SMILES string of the molecule is O=C(NC(NC(=S)Nc1ccccc1N1C(=O)c2ccccc2C1=O)C(Cl)(Cl)Cl)C(c1ccccc1)c1ccccc1. The van der Waals surface area contributed by atoms with Gasteiger partial charge in [-0.05, 0) is 47.6 Å². The van der Waals surface area contributed by atoms with Crippen LogP contribution in [-0.4, -0.2) is 32.8 Å². The average Bonchev–Trinajstić information content (AvgIpc) is 3.23. The van der Waals surface area contributed by atoms with E-state index in [0.29, 0.717) is 16.8 Å². The molecular formula is C31H23Cl3N4O3S. The molecule has 1 atom stereocenters. The molecule has 1 aliphatic heterocycles. The smallest absolute Gasteiger partial charge is 0.266 e. The molecule has 5 rings (SSSR count). The molecule has 0 radical (unpaired) electrons. The van der Waals surface area contributed by atoms with Crippen molar-refractivity contribution in [3.63, 3.8) is 0 Å². The minimum absolute atomic E-state index is 0.0216. The minimum atomic E-state index is -2.01. The van der Waals surface area contributed by atoms with E-state index in [2.05, 4.69) is 16.0 Å². The molecule has 0 fully saturated rings. The first-order valence-corrected chi connectivity index (χ1v) is 14.3. The maximum Gasteiger partial charge on any atom is 0.266 e. The molecule has 1 heterocycles. The summed E-state index contributed by atoms with van der Waals surface area (Å²) in [6.07, 6.45) is -1.25. The molecular weight excluding hydrogens is 615 g/mol. The van der Waals surface area contributed by atoms with Crippen LogP contribution in [-0.2, 0) is 4.79 Å². The molecule has 4 aromatic carbocycles. The minimum Gasteiger partial charge on any atom is -0.339 e. The molecule has 1 aliphatic rings. The van der Waals surface area contributed by atoms with Crippen LogP contribution < -0.4 is 20.9 Å². The molecule has 42 heavy (non-hydrogen) atoms. The Labute approximate surface area is 262 Å². The van der Waals surface area contributed by atoms with Crippen molar-refractivity contribution in [2.45, 2.75) is 15.9 Å². The maximum atomic E-state index is 13.7. The highest BCUT2D eigenvalue weighted by atomic mass is 35.6. The van der Waals surface area contributed by atoms with Crippen molar-refractivity contribution in [2.24, 2.45) is 0 Å². The monoisotopic (exact) mass is 636 g/mol. The van der Waals surface area contributed by atoms with E-state index >= 15 is 0 Å². The van der Waals surface area contributed by atoms with Gasteiger partial charge in [0.05, 0.1) is 28.4 Å². The fraction of sp³-hybridized carbons (Fsp3) is 0.0968. The summed E-state index contributed by atoms with van der Waals surface area (Å²) in [5.41, 5.74) is 2.76. The van der Waals surface area contributed by atoms with E-state index in [4.69, 9.17) is 47.0 Å². The molecule has 0 aliphatic carbocycles. The number of thiocarbonyl (C=S) groups is 1. The van der Waals surface area contributed by atoms with Gasteiger partial charge in [0.2, 0.25) is 9.70 Å². The zero-order chi connectivity index (χ0) is 29.9. The Balaban J connectivity index is 1.36. The number of hydrogen-bond donors (Lipinski definition) is 3. The first-order chi connectivity index (χ1) is 20.1. The van der Waals surface area contributed by atoms with Crippen LogP contribution >= 0.6 is 47.0 Å². The van der Waals surface area contributed by atoms with Crippen LogP contribution in [0, 0.1) is 0 Å². The predicted molar refractivity (Wildman–Crippen MR) is 170 cm³/mol. The standard InChI is InChI=1S/C31H23Cl3N4O3S/c32-31(33,34)29(36-26(39)25(19-11-3-1-4-12-19)20-13-5-2-6-14-20)37-30(42)35-23-17-9-10-18-24(23)38-27(40)21-15-7-8-16-22(21)28(38)41/h1-18,25,29H,(H,36,39)(H2,35,37,42). The third-order valence-electron chi connectivity index (χ3n) is 6.60. The van der Waals surface area contributed by atoms with Crippen LogP contribution in [0.1, 0.15) is 37.8 Å². The molecule has 0 saturated heterocycles. The number of nitrogens with one attached hydrogen (secondary N) is 3. The summed E-state index contributed by atoms with van der Waals surface area (Å²) in [5.74, 6) is -2.03. The third-order valence-corrected chi connectivity index (χ3v) is 7.48. The van der Waals surface area contributed by atoms with Crippen molar-refractivity contribution in [2.75, 3.05) is 10.2 Å². The van der Waals surface area contributed by atoms with E-state index < -0.39 is 33.6 Å². The van der Waals surface area contributed by atoms with Gasteiger partial charge in [0, 0.05) is 0 Å². The number of alkyl halides is 3. The highest BCUT2D eigenvalue weighted by Gasteiger charge is 2.39. The molecule has 4 aromatic rings. The topological polar surface area (TPSA) is 90.5 Å². The van der Waals surface area contributed by atoms with Crippen LogP contribution in [0.15, 0.2) is 109 Å². The Morgan fingerprint density at radius 2 is 1.17 bits per heavy atom. The number of anilines is 2. The number of halogens is 3. The van der Waals surface area contributed by atoms with E-state index in [9.17, 15) is 14.4 Å². The number of para-hydroxylation sites is 2. The van der Waals surface area contributed by atoms with E-state index in [-0.39, 0.29) is 10.8 Å². The molecule has 3 amide bonds. The fourth-order valence-electron chi connectivity index (χ4n) is 4.68. The van der Waals surface area contributed by atoms with Gasteiger partial charge in [-0.1, -0.05) is 120 Å². The highest BCUT2D eigenvalue weighted by Crippen LogP contribution is 2.34. The summed E-state index contributed by atoms with van der Waals surface area (Å²) < 4.78 is -2.01. The van der Waals surface area contributed by atoms with Crippen molar-refractivity contribution >= 4 is 81.2 Å². The number of hydrogen-bond acceptors (Lipinski definition) is 4. The first-order valence-electron chi connectivity index (χ1n) is 12.8. The summed E-state index contributed by atoms with van der Waals surface area (Å²) in [6.45, 7) is 0. The summed E-state index contributed by atoms with van der Waals surface area (Å²) in [7, 11) is 0. The van der Waals surface area contributed by atoms with Crippen LogP contribution in [0.4, 0.5) is 11.4 Å². The number of nitrogens with zero attached hydrogens (tertiary/aromatic N) is 1. The van der Waals surface area contributed by atoms with Gasteiger partial charge in [-0.25, -0.2) is 4.90 Å². The third kappa shape index (κ3) is 6.27. The Hall–Kier alpha value is -3.95. The van der Waals surface area contributed by atoms with Gasteiger partial charge >= 0.3 is 0 Å². The lowest BCUT2D eigenvalue weighted by Gasteiger charge is -2.30. The van der Waals surface area contributed by atoms with Crippen molar-refractivity contribution in [1.29, 1.82) is 0 Å². The second-order valence-electron chi connectivity index (χ2n) is 9.34. The Morgan fingerprint density at radius 3 is 1.69 bits per heavy atom. The lowest BCUT2D eigenvalue weighted by molar-refractivity contribution is -0.122. The molecule has 212 valence electrons. The zero-order valence-corrected chi connectivity index (χ0v) is 24.8. The number of benzene rings is 4. The Bertz CT molecular complexity index is 1570. The maximum absolute atomic E-state index is 13.7. The Morgan fingerprint density at radius 1 is 0.690 bits per heavy atom. The molecule has 7 nitrogen and oxygen atoms in total. The number of rotatable bonds is 7. The van der Waals surface area contributed by atoms with Crippen LogP contribution in [0.2, 0.25) is 0 Å². The highest BCUT2D eigenvalue weighted by molar-refractivity contribution is 7.80. The van der Waals surface area contributed by atoms with Gasteiger partial charge in [-0.2, -0.15) is 0 Å². The van der Waals surface area contributed by atoms with E-state index in [1.807, 2.05) is 60.7 Å². The summed E-state index contributed by atoms with van der Waals surface area (Å²) >= 11 is 24.4. The molecule has 0 aromatic heterocycles. The fourth-order valence-corrected chi connectivity index (χ4v) is 5.24. The normalized spacial score (nSPS) is 13.5. The van der Waals surface area contributed by atoms with Gasteiger partial charge in [-0.15, -0.1) is 0 Å². The van der Waals surface area contributed by atoms with E-state index in [0.717, 1.165) is 16.0 Å². The summed E-state index contributed by atoms with van der Waals surface area (Å²) in [5, 5.41) is 8.58. The average molecular weight is 638 g/mol. The summed E-state index contributed by atoms with van der Waals surface area (Å²) in [4.78, 5) is 41.0. The van der Waals surface area contributed by atoms with Crippen LogP contribution in [0.25, 0.3) is 0 Å². The van der Waals surface area contributed by atoms with Gasteiger partial charge in [0.1, 0.15) is 6.17 Å². The second-order valence-corrected chi connectivity index (χ2v) is 12.1. The second kappa shape index (κ2) is 12.5. The number of amides is 3. The van der Waals surface area contributed by atoms with Crippen molar-refractivity contribution in [3.05, 3.63) is 131 Å². The molecule has 1 unspecified atom stereocenters. The number of carbonyl (C=O) groups is 3. The Kier molecular flexibility index (Phi) is 8.80. The lowest BCUT2D eigenvalue weighted by atomic mass is 9.90. The molecule has 0 spiro atoms. The van der Waals surface area contributed by atoms with Gasteiger partial charge in [-0.3, -0.25) is 14.4 Å². The molecule has 11 heteroatoms. The van der Waals surface area contributed by atoms with Crippen LogP contribution in [0.5, 0.6) is 0 Å². The quantitative estimate of drug-likeness (QED) is 0.0938. The molecule has 0 bridgehead atoms. The summed E-state index contributed by atoms with van der Waals surface area (Å²) in [6, 6.07) is 31.7. The van der Waals surface area contributed by atoms with Gasteiger partial charge < -0.3 is 16.0 Å². The number of carbonyl (C=O) groups excluding carboxylic acids is 3. The van der Waals surface area contributed by atoms with E-state index in [1.54, 1.807) is 48.5 Å². The van der Waals surface area contributed by atoms with Crippen molar-refractivity contribution < 1.29 is 14.4 Å². The largest absolute Gasteiger partial charge is 0.339 e. The van der Waals surface area contributed by atoms with Crippen LogP contribution in [0.3, 0.4) is 0 Å². The lowest BCUT2D eigenvalue weighted by Crippen LogP contribution is -2.57. The van der Waals surface area contributed by atoms with Gasteiger partial charge in [0.15, 0.2) is 5.11 Å².